The maximum absolute atomic E-state index is 10.9. The van der Waals surface area contributed by atoms with Crippen molar-refractivity contribution in [2.75, 3.05) is 24.8 Å². The molecule has 2 N–H and O–H groups in total. The van der Waals surface area contributed by atoms with Crippen LogP contribution in [-0.4, -0.2) is 117 Å². The molecule has 0 bridgehead atoms. The Bertz CT molecular complexity index is 1930. The van der Waals surface area contributed by atoms with Gasteiger partial charge in [0.2, 0.25) is 0 Å². The number of sulfone groups is 1. The fraction of sp³-hybridized carbons (Fsp3) is 0.857. The molecule has 0 radical (unpaired) electrons. The molecule has 3 aromatic rings. The van der Waals surface area contributed by atoms with Gasteiger partial charge >= 0.3 is 0 Å². The zero-order valence-corrected chi connectivity index (χ0v) is 44.8. The minimum absolute atomic E-state index is 0.0287. The Hall–Kier alpha value is -3.64. The molecule has 0 fully saturated rings. The van der Waals surface area contributed by atoms with Gasteiger partial charge in [-0.1, -0.05) is 130 Å². The van der Waals surface area contributed by atoms with Crippen LogP contribution in [0.15, 0.2) is 0 Å². The SMILES string of the molecule is CC(=O)CC(C)(C)C.CC(=O)Cn1nnc(CC(C)(C)C)n1.CC(=O)Cn1nnnc1C(C)(C)C.CC(C)(C)CP(C)(=O)O.CC(C)(C)CS(C)(=O)=O.CC(C)(C)Cc1nn[nH]n1. The third kappa shape index (κ3) is 46.2. The fourth-order valence-corrected chi connectivity index (χ4v) is 8.63. The lowest BCUT2D eigenvalue weighted by Gasteiger charge is -2.19. The lowest BCUT2D eigenvalue weighted by atomic mass is 9.91. The molecule has 0 aliphatic heterocycles. The summed E-state index contributed by atoms with van der Waals surface area (Å²) in [6.45, 7) is 43.1. The van der Waals surface area contributed by atoms with E-state index in [0.29, 0.717) is 18.4 Å². The second-order valence-electron chi connectivity index (χ2n) is 23.2. The number of hydrogen-bond acceptors (Lipinski definition) is 15. The van der Waals surface area contributed by atoms with Gasteiger partial charge in [0.1, 0.15) is 28.7 Å². The molecule has 3 rings (SSSR count). The smallest absolute Gasteiger partial charge is 0.198 e. The number of Topliss-reactive ketones (excluding diaryl/α,β-unsaturated/α-hetero) is 3. The van der Waals surface area contributed by atoms with E-state index < -0.39 is 17.2 Å². The molecule has 0 amide bonds. The van der Waals surface area contributed by atoms with Gasteiger partial charge in [0.15, 0.2) is 36.4 Å². The second-order valence-corrected chi connectivity index (χ2v) is 27.8. The summed E-state index contributed by atoms with van der Waals surface area (Å²) in [5, 5.41) is 36.6. The zero-order chi connectivity index (χ0) is 50.6. The third-order valence-corrected chi connectivity index (χ3v) is 9.37. The van der Waals surface area contributed by atoms with E-state index in [-0.39, 0.29) is 68.7 Å². The van der Waals surface area contributed by atoms with Gasteiger partial charge in [-0.3, -0.25) is 14.2 Å². The Balaban J connectivity index is -0.000000695. The molecule has 0 spiro atoms. The summed E-state index contributed by atoms with van der Waals surface area (Å²) in [6, 6.07) is 0. The van der Waals surface area contributed by atoms with Crippen LogP contribution >= 0.6 is 7.37 Å². The van der Waals surface area contributed by atoms with Gasteiger partial charge in [-0.2, -0.15) is 10.0 Å². The predicted octanol–water partition coefficient (Wildman–Crippen LogP) is 7.22. The minimum Gasteiger partial charge on any atom is -0.344 e. The summed E-state index contributed by atoms with van der Waals surface area (Å²) in [5.41, 5.74) is 0.297. The van der Waals surface area contributed by atoms with E-state index in [4.69, 9.17) is 4.89 Å². The average molecular weight is 933 g/mol. The number of nitrogens with zero attached hydrogens (tertiary/aromatic N) is 11. The minimum atomic E-state index is -2.79. The summed E-state index contributed by atoms with van der Waals surface area (Å²) >= 11 is 0. The quantitative estimate of drug-likeness (QED) is 0.201. The van der Waals surface area contributed by atoms with Gasteiger partial charge in [0.05, 0.1) is 5.75 Å². The van der Waals surface area contributed by atoms with E-state index in [9.17, 15) is 27.4 Å². The van der Waals surface area contributed by atoms with Crippen molar-refractivity contribution in [2.24, 2.45) is 27.1 Å². The molecular weight excluding hydrogens is 848 g/mol. The van der Waals surface area contributed by atoms with Crippen LogP contribution in [0.1, 0.15) is 169 Å². The van der Waals surface area contributed by atoms with E-state index in [1.807, 2.05) is 62.3 Å². The van der Waals surface area contributed by atoms with E-state index in [1.54, 1.807) is 11.6 Å². The molecule has 0 aliphatic rings. The summed E-state index contributed by atoms with van der Waals surface area (Å²) in [6.07, 6.45) is 3.99. The van der Waals surface area contributed by atoms with Gasteiger partial charge < -0.3 is 9.69 Å². The van der Waals surface area contributed by atoms with Crippen molar-refractivity contribution in [3.8, 4) is 0 Å². The van der Waals surface area contributed by atoms with Crippen molar-refractivity contribution in [2.45, 2.75) is 183 Å². The van der Waals surface area contributed by atoms with Crippen molar-refractivity contribution in [1.82, 2.24) is 61.0 Å². The number of rotatable bonds is 9. The molecular formula is C42H85N12O7PS. The van der Waals surface area contributed by atoms with Gasteiger partial charge in [-0.05, 0) is 63.5 Å². The molecule has 19 nitrogen and oxygen atoms in total. The first-order chi connectivity index (χ1) is 27.7. The van der Waals surface area contributed by atoms with Crippen LogP contribution in [-0.2, 0) is 60.1 Å². The number of H-pyrrole nitrogens is 1. The molecule has 366 valence electrons. The molecule has 3 heterocycles. The van der Waals surface area contributed by atoms with Crippen LogP contribution in [0.3, 0.4) is 0 Å². The molecule has 0 aromatic carbocycles. The average Bonchev–Trinajstić information content (AvgIpc) is 3.70. The highest BCUT2D eigenvalue weighted by Crippen LogP contribution is 2.41. The maximum atomic E-state index is 10.9. The molecule has 3 aromatic heterocycles. The van der Waals surface area contributed by atoms with E-state index in [1.165, 1.54) is 31.6 Å². The second kappa shape index (κ2) is 26.4. The molecule has 1 unspecified atom stereocenters. The highest BCUT2D eigenvalue weighted by atomic mass is 32.2. The Labute approximate surface area is 379 Å². The zero-order valence-electron chi connectivity index (χ0n) is 43.1. The van der Waals surface area contributed by atoms with Crippen LogP contribution in [0.25, 0.3) is 0 Å². The molecule has 0 aliphatic carbocycles. The van der Waals surface area contributed by atoms with Crippen molar-refractivity contribution >= 4 is 34.6 Å². The predicted molar refractivity (Wildman–Crippen MR) is 250 cm³/mol. The normalized spacial score (nSPS) is 13.1. The topological polar surface area (TPSA) is 264 Å². The summed E-state index contributed by atoms with van der Waals surface area (Å²) < 4.78 is 33.6. The maximum Gasteiger partial charge on any atom is 0.198 e. The number of carbonyl (C=O) groups is 3. The van der Waals surface area contributed by atoms with Gasteiger partial charge in [-0.25, -0.2) is 13.1 Å². The Morgan fingerprint density at radius 3 is 1.40 bits per heavy atom. The standard InChI is InChI=1S/C9H16N4O.C8H14N4O.C7H14O.C6H12N4.C6H15O2P.C6H14O2S/c1-7(14)6-13-11-8(10-12-13)5-9(2,3)4;1-6(13)5-12-7(8(2,3)4)9-10-11-12;1-6(8)5-7(2,3)4;1-6(2,3)4-5-7-9-10-8-5;2*1-6(2,3)5-9(4,7)8/h5-6H2,1-4H3;5H2,1-4H3;5H2,1-4H3;4H2,1-3H3,(H,7,8,9,10);5H2,1-4H3,(H,7,8);5H2,1-4H3. The first-order valence-corrected chi connectivity index (χ1v) is 25.2. The molecule has 0 saturated carbocycles. The molecule has 21 heteroatoms. The van der Waals surface area contributed by atoms with E-state index in [0.717, 1.165) is 24.5 Å². The highest BCUT2D eigenvalue weighted by molar-refractivity contribution is 7.90. The van der Waals surface area contributed by atoms with Crippen LogP contribution in [0.4, 0.5) is 0 Å². The monoisotopic (exact) mass is 933 g/mol. The van der Waals surface area contributed by atoms with Crippen molar-refractivity contribution in [3.63, 3.8) is 0 Å². The Morgan fingerprint density at radius 2 is 1.13 bits per heavy atom. The van der Waals surface area contributed by atoms with Gasteiger partial charge in [-0.15, -0.1) is 25.5 Å². The molecule has 0 saturated heterocycles. The number of ketones is 3. The lowest BCUT2D eigenvalue weighted by molar-refractivity contribution is -0.119. The Kier molecular flexibility index (Phi) is 26.6. The summed E-state index contributed by atoms with van der Waals surface area (Å²) in [7, 11) is -5.57. The van der Waals surface area contributed by atoms with Crippen molar-refractivity contribution in [3.05, 3.63) is 17.5 Å². The van der Waals surface area contributed by atoms with Crippen LogP contribution in [0.2, 0.25) is 0 Å². The number of hydrogen-bond donors (Lipinski definition) is 2. The van der Waals surface area contributed by atoms with Crippen molar-refractivity contribution in [1.29, 1.82) is 0 Å². The molecule has 1 atom stereocenters. The van der Waals surface area contributed by atoms with Crippen LogP contribution < -0.4 is 0 Å². The summed E-state index contributed by atoms with van der Waals surface area (Å²) in [4.78, 5) is 42.4. The number of aromatic amines is 1. The number of nitrogens with one attached hydrogen (secondary N) is 1. The highest BCUT2D eigenvalue weighted by Gasteiger charge is 2.23. The van der Waals surface area contributed by atoms with Crippen LogP contribution in [0, 0.1) is 27.1 Å². The van der Waals surface area contributed by atoms with E-state index >= 15 is 0 Å². The van der Waals surface area contributed by atoms with Crippen LogP contribution in [0.5, 0.6) is 0 Å². The van der Waals surface area contributed by atoms with E-state index in [2.05, 4.69) is 114 Å². The largest absolute Gasteiger partial charge is 0.344 e. The lowest BCUT2D eigenvalue weighted by Crippen LogP contribution is -2.21. The fourth-order valence-electron chi connectivity index (χ4n) is 5.29. The first-order valence-electron chi connectivity index (χ1n) is 20.9. The summed E-state index contributed by atoms with van der Waals surface area (Å²) in [5.74, 6) is 2.84. The Morgan fingerprint density at radius 1 is 0.651 bits per heavy atom. The van der Waals surface area contributed by atoms with Gasteiger partial charge in [0.25, 0.3) is 0 Å². The van der Waals surface area contributed by atoms with Crippen molar-refractivity contribution < 1.29 is 32.3 Å². The third-order valence-electron chi connectivity index (χ3n) is 6.44. The number of carbonyl (C=O) groups excluding carboxylic acids is 3. The number of aromatic nitrogens is 12. The molecule has 63 heavy (non-hydrogen) atoms. The van der Waals surface area contributed by atoms with Gasteiger partial charge in [0, 0.05) is 43.8 Å². The number of tetrazole rings is 3. The first kappa shape index (κ1) is 63.6.